The number of aryl methyl sites for hydroxylation is 3. The predicted molar refractivity (Wildman–Crippen MR) is 134 cm³/mol. The Morgan fingerprint density at radius 2 is 1.86 bits per heavy atom. The van der Waals surface area contributed by atoms with Crippen LogP contribution in [0.1, 0.15) is 38.8 Å². The van der Waals surface area contributed by atoms with Crippen molar-refractivity contribution >= 4 is 16.7 Å². The molecular weight excluding hydrogens is 459 g/mol. The molecule has 0 saturated carbocycles. The summed E-state index contributed by atoms with van der Waals surface area (Å²) in [6, 6.07) is 16.3. The molecule has 5 rings (SSSR count). The molecule has 1 amide bonds. The van der Waals surface area contributed by atoms with Gasteiger partial charge in [0.25, 0.3) is 5.91 Å². The van der Waals surface area contributed by atoms with Gasteiger partial charge in [0.2, 0.25) is 0 Å². The predicted octanol–water partition coefficient (Wildman–Crippen LogP) is 5.59. The summed E-state index contributed by atoms with van der Waals surface area (Å²) >= 11 is 0. The lowest BCUT2D eigenvalue weighted by Crippen LogP contribution is -2.23. The van der Waals surface area contributed by atoms with Crippen molar-refractivity contribution in [1.29, 1.82) is 0 Å². The highest BCUT2D eigenvalue weighted by atomic mass is 19.1. The zero-order valence-electron chi connectivity index (χ0n) is 20.2. The third-order valence-corrected chi connectivity index (χ3v) is 6.20. The standard InChI is InChI=1S/C28H25FN4O3/c1-17-24(18(2)36-32-17)16-35-27-14-22-7-5-4-6-21(22)13-23(27)28(34)31-15-20-8-9-26(25(29)12-20)33-11-10-30-19(33)3/h4-14H,15-16H2,1-3H3,(H,31,34). The summed E-state index contributed by atoms with van der Waals surface area (Å²) in [4.78, 5) is 17.4. The van der Waals surface area contributed by atoms with Crippen LogP contribution in [0, 0.1) is 26.6 Å². The summed E-state index contributed by atoms with van der Waals surface area (Å²) in [6.45, 7) is 5.87. The molecular formula is C28H25FN4O3. The van der Waals surface area contributed by atoms with E-state index in [2.05, 4.69) is 15.5 Å². The average Bonchev–Trinajstić information content (AvgIpc) is 3.44. The summed E-state index contributed by atoms with van der Waals surface area (Å²) in [5, 5.41) is 8.73. The summed E-state index contributed by atoms with van der Waals surface area (Å²) in [6.07, 6.45) is 3.33. The number of imidazole rings is 1. The Labute approximate surface area is 207 Å². The zero-order valence-corrected chi connectivity index (χ0v) is 20.2. The second-order valence-corrected chi connectivity index (χ2v) is 8.60. The fraction of sp³-hybridized carbons (Fsp3) is 0.179. The highest BCUT2D eigenvalue weighted by molar-refractivity contribution is 6.01. The number of benzene rings is 3. The Hall–Kier alpha value is -4.46. The van der Waals surface area contributed by atoms with E-state index >= 15 is 0 Å². The molecule has 1 N–H and O–H groups in total. The van der Waals surface area contributed by atoms with Gasteiger partial charge < -0.3 is 19.1 Å². The quantitative estimate of drug-likeness (QED) is 0.326. The lowest BCUT2D eigenvalue weighted by molar-refractivity contribution is 0.0946. The maximum absolute atomic E-state index is 14.8. The molecule has 2 aromatic heterocycles. The number of halogens is 1. The minimum Gasteiger partial charge on any atom is -0.488 e. The number of ether oxygens (including phenoxy) is 1. The van der Waals surface area contributed by atoms with Crippen molar-refractivity contribution in [2.75, 3.05) is 0 Å². The molecule has 0 aliphatic carbocycles. The molecule has 0 unspecified atom stereocenters. The second kappa shape index (κ2) is 9.65. The van der Waals surface area contributed by atoms with E-state index in [9.17, 15) is 9.18 Å². The number of carbonyl (C=O) groups excluding carboxylic acids is 1. The molecule has 7 nitrogen and oxygen atoms in total. The number of hydrogen-bond donors (Lipinski definition) is 1. The number of aromatic nitrogens is 3. The molecule has 0 aliphatic heterocycles. The van der Waals surface area contributed by atoms with Crippen LogP contribution >= 0.6 is 0 Å². The van der Waals surface area contributed by atoms with Gasteiger partial charge in [-0.2, -0.15) is 0 Å². The third-order valence-electron chi connectivity index (χ3n) is 6.20. The van der Waals surface area contributed by atoms with E-state index in [-0.39, 0.29) is 19.1 Å². The van der Waals surface area contributed by atoms with Gasteiger partial charge in [0.15, 0.2) is 0 Å². The monoisotopic (exact) mass is 484 g/mol. The first-order valence-electron chi connectivity index (χ1n) is 11.5. The van der Waals surface area contributed by atoms with Gasteiger partial charge in [0.1, 0.15) is 29.8 Å². The van der Waals surface area contributed by atoms with Gasteiger partial charge in [-0.3, -0.25) is 4.79 Å². The SMILES string of the molecule is Cc1noc(C)c1COc1cc2ccccc2cc1C(=O)NCc1ccc(-n2ccnc2C)c(F)c1. The number of nitrogens with one attached hydrogen (secondary N) is 1. The number of amides is 1. The van der Waals surface area contributed by atoms with E-state index in [1.165, 1.54) is 6.07 Å². The van der Waals surface area contributed by atoms with E-state index in [1.54, 1.807) is 35.2 Å². The van der Waals surface area contributed by atoms with Gasteiger partial charge >= 0.3 is 0 Å². The first-order chi connectivity index (χ1) is 17.4. The van der Waals surface area contributed by atoms with Crippen LogP contribution in [0.2, 0.25) is 0 Å². The molecule has 182 valence electrons. The van der Waals surface area contributed by atoms with Gasteiger partial charge in [0.05, 0.1) is 22.5 Å². The van der Waals surface area contributed by atoms with Crippen LogP contribution in [0.25, 0.3) is 16.5 Å². The Bertz CT molecular complexity index is 1550. The summed E-state index contributed by atoms with van der Waals surface area (Å²) in [7, 11) is 0. The molecule has 0 atom stereocenters. The van der Waals surface area contributed by atoms with Crippen LogP contribution in [0.15, 0.2) is 71.5 Å². The van der Waals surface area contributed by atoms with Gasteiger partial charge in [-0.25, -0.2) is 9.37 Å². The smallest absolute Gasteiger partial charge is 0.255 e. The van der Waals surface area contributed by atoms with E-state index < -0.39 is 5.82 Å². The number of fused-ring (bicyclic) bond motifs is 1. The van der Waals surface area contributed by atoms with Crippen molar-refractivity contribution in [1.82, 2.24) is 20.0 Å². The fourth-order valence-corrected chi connectivity index (χ4v) is 4.14. The summed E-state index contributed by atoms with van der Waals surface area (Å²) < 4.78 is 27.8. The van der Waals surface area contributed by atoms with Crippen LogP contribution in [-0.4, -0.2) is 20.6 Å². The summed E-state index contributed by atoms with van der Waals surface area (Å²) in [5.41, 5.74) is 3.03. The zero-order chi connectivity index (χ0) is 25.2. The van der Waals surface area contributed by atoms with Crippen LogP contribution in [0.4, 0.5) is 4.39 Å². The molecule has 0 bridgehead atoms. The van der Waals surface area contributed by atoms with Gasteiger partial charge in [-0.15, -0.1) is 0 Å². The third kappa shape index (κ3) is 4.57. The van der Waals surface area contributed by atoms with Crippen LogP contribution < -0.4 is 10.1 Å². The molecule has 5 aromatic rings. The fourth-order valence-electron chi connectivity index (χ4n) is 4.14. The Morgan fingerprint density at radius 3 is 2.53 bits per heavy atom. The average molecular weight is 485 g/mol. The van der Waals surface area contributed by atoms with Crippen molar-refractivity contribution in [3.63, 3.8) is 0 Å². The first kappa shape index (κ1) is 23.3. The van der Waals surface area contributed by atoms with Crippen LogP contribution in [-0.2, 0) is 13.2 Å². The Morgan fingerprint density at radius 1 is 1.08 bits per heavy atom. The number of nitrogens with zero attached hydrogens (tertiary/aromatic N) is 3. The van der Waals surface area contributed by atoms with E-state index in [0.29, 0.717) is 34.1 Å². The van der Waals surface area contributed by atoms with Crippen molar-refractivity contribution in [3.8, 4) is 11.4 Å². The van der Waals surface area contributed by atoms with Crippen molar-refractivity contribution in [2.45, 2.75) is 33.9 Å². The van der Waals surface area contributed by atoms with E-state index in [0.717, 1.165) is 22.0 Å². The van der Waals surface area contributed by atoms with Crippen molar-refractivity contribution in [3.05, 3.63) is 107 Å². The van der Waals surface area contributed by atoms with E-state index in [1.807, 2.05) is 51.1 Å². The number of hydrogen-bond acceptors (Lipinski definition) is 5. The maximum atomic E-state index is 14.8. The van der Waals surface area contributed by atoms with Gasteiger partial charge in [0, 0.05) is 18.9 Å². The molecule has 0 spiro atoms. The number of carbonyl (C=O) groups is 1. The molecule has 36 heavy (non-hydrogen) atoms. The highest BCUT2D eigenvalue weighted by Gasteiger charge is 2.17. The molecule has 0 aliphatic rings. The minimum absolute atomic E-state index is 0.162. The molecule has 0 fully saturated rings. The lowest BCUT2D eigenvalue weighted by Gasteiger charge is -2.14. The largest absolute Gasteiger partial charge is 0.488 e. The topological polar surface area (TPSA) is 82.2 Å². The van der Waals surface area contributed by atoms with Gasteiger partial charge in [-0.1, -0.05) is 35.5 Å². The van der Waals surface area contributed by atoms with Crippen LogP contribution in [0.5, 0.6) is 5.75 Å². The molecule has 0 saturated heterocycles. The molecule has 2 heterocycles. The normalized spacial score (nSPS) is 11.1. The van der Waals surface area contributed by atoms with Crippen LogP contribution in [0.3, 0.4) is 0 Å². The minimum atomic E-state index is -0.392. The highest BCUT2D eigenvalue weighted by Crippen LogP contribution is 2.28. The Balaban J connectivity index is 1.37. The van der Waals surface area contributed by atoms with E-state index in [4.69, 9.17) is 9.26 Å². The van der Waals surface area contributed by atoms with Gasteiger partial charge in [-0.05, 0) is 61.4 Å². The van der Waals surface area contributed by atoms with Crippen molar-refractivity contribution in [2.24, 2.45) is 0 Å². The van der Waals surface area contributed by atoms with Crippen molar-refractivity contribution < 1.29 is 18.4 Å². The lowest BCUT2D eigenvalue weighted by atomic mass is 10.0. The summed E-state index contributed by atoms with van der Waals surface area (Å²) in [5.74, 6) is 1.11. The Kier molecular flexibility index (Phi) is 6.25. The molecule has 8 heteroatoms. The molecule has 0 radical (unpaired) electrons. The number of rotatable bonds is 7. The second-order valence-electron chi connectivity index (χ2n) is 8.60. The molecule has 3 aromatic carbocycles. The maximum Gasteiger partial charge on any atom is 0.255 e. The first-order valence-corrected chi connectivity index (χ1v) is 11.5.